The first-order valence-electron chi connectivity index (χ1n) is 7.98. The second-order valence-corrected chi connectivity index (χ2v) is 7.05. The van der Waals surface area contributed by atoms with Crippen molar-refractivity contribution in [2.75, 3.05) is 18.9 Å². The maximum atomic E-state index is 13.2. The molecule has 5 nitrogen and oxygen atoms in total. The summed E-state index contributed by atoms with van der Waals surface area (Å²) < 4.78 is 26.4. The summed E-state index contributed by atoms with van der Waals surface area (Å²) in [5.41, 5.74) is 4.46. The Hall–Kier alpha value is -1.90. The summed E-state index contributed by atoms with van der Waals surface area (Å²) in [6.07, 6.45) is -0.463. The molecule has 2 N–H and O–H groups in total. The number of halogens is 2. The van der Waals surface area contributed by atoms with Crippen LogP contribution in [0.2, 0.25) is 0 Å². The largest absolute Gasteiger partial charge is 0.325 e. The molecule has 8 heteroatoms. The van der Waals surface area contributed by atoms with Crippen LogP contribution in [0.25, 0.3) is 0 Å². The van der Waals surface area contributed by atoms with Crippen LogP contribution in [0.1, 0.15) is 17.7 Å². The number of hydrogen-bond acceptors (Lipinski definition) is 5. The second-order valence-electron chi connectivity index (χ2n) is 6.34. The number of aromatic nitrogens is 1. The number of amides is 1. The maximum absolute atomic E-state index is 13.2. The summed E-state index contributed by atoms with van der Waals surface area (Å²) in [6, 6.07) is 6.58. The van der Waals surface area contributed by atoms with Crippen molar-refractivity contribution in [3.8, 4) is 0 Å². The minimum Gasteiger partial charge on any atom is -0.325 e. The Morgan fingerprint density at radius 3 is 3.00 bits per heavy atom. The molecule has 0 aliphatic carbocycles. The fraction of sp³-hybridized carbons (Fsp3) is 0.412. The third kappa shape index (κ3) is 5.04. The SMILES string of the molecule is CN(Cc1cccc(NC(=O)C2CC(F)(F)CN2)c1)Cc1cscn1. The molecule has 0 radical (unpaired) electrons. The van der Waals surface area contributed by atoms with Crippen molar-refractivity contribution in [2.45, 2.75) is 31.5 Å². The highest BCUT2D eigenvalue weighted by Crippen LogP contribution is 2.26. The molecule has 1 unspecified atom stereocenters. The molecule has 0 saturated carbocycles. The summed E-state index contributed by atoms with van der Waals surface area (Å²) in [5.74, 6) is -3.24. The Bertz CT molecular complexity index is 723. The standard InChI is InChI=1S/C17H20F2N4OS/c1-23(8-14-9-25-11-21-14)7-12-3-2-4-13(5-12)22-16(24)15-6-17(18,19)10-20-15/h2-5,9,11,15,20H,6-8,10H2,1H3,(H,22,24). The van der Waals surface area contributed by atoms with Crippen molar-refractivity contribution in [1.29, 1.82) is 0 Å². The van der Waals surface area contributed by atoms with Gasteiger partial charge in [-0.3, -0.25) is 15.0 Å². The molecule has 25 heavy (non-hydrogen) atoms. The zero-order valence-electron chi connectivity index (χ0n) is 13.8. The summed E-state index contributed by atoms with van der Waals surface area (Å²) in [7, 11) is 2.00. The van der Waals surface area contributed by atoms with Crippen LogP contribution in [0.4, 0.5) is 14.5 Å². The summed E-state index contributed by atoms with van der Waals surface area (Å²) in [4.78, 5) is 18.5. The van der Waals surface area contributed by atoms with Crippen LogP contribution in [-0.2, 0) is 17.9 Å². The Morgan fingerprint density at radius 1 is 1.48 bits per heavy atom. The average Bonchev–Trinajstić information content (AvgIpc) is 3.16. The molecule has 1 aromatic heterocycles. The number of nitrogens with one attached hydrogen (secondary N) is 2. The van der Waals surface area contributed by atoms with Crippen LogP contribution in [-0.4, -0.2) is 41.3 Å². The van der Waals surface area contributed by atoms with E-state index in [4.69, 9.17) is 0 Å². The van der Waals surface area contributed by atoms with Gasteiger partial charge >= 0.3 is 0 Å². The monoisotopic (exact) mass is 366 g/mol. The van der Waals surface area contributed by atoms with Crippen LogP contribution in [0.15, 0.2) is 35.2 Å². The van der Waals surface area contributed by atoms with E-state index in [-0.39, 0.29) is 0 Å². The maximum Gasteiger partial charge on any atom is 0.262 e. The molecule has 1 aromatic carbocycles. The zero-order valence-corrected chi connectivity index (χ0v) is 14.7. The van der Waals surface area contributed by atoms with Gasteiger partial charge in [0.05, 0.1) is 23.8 Å². The van der Waals surface area contributed by atoms with E-state index in [1.807, 2.05) is 30.6 Å². The molecule has 1 aliphatic heterocycles. The van der Waals surface area contributed by atoms with Gasteiger partial charge < -0.3 is 5.32 Å². The molecule has 1 atom stereocenters. The van der Waals surface area contributed by atoms with E-state index in [9.17, 15) is 13.6 Å². The number of thiazole rings is 1. The van der Waals surface area contributed by atoms with Crippen molar-refractivity contribution in [3.05, 3.63) is 46.4 Å². The van der Waals surface area contributed by atoms with Crippen molar-refractivity contribution >= 4 is 22.9 Å². The molecule has 1 aliphatic rings. The lowest BCUT2D eigenvalue weighted by molar-refractivity contribution is -0.118. The Labute approximate surface area is 149 Å². The minimum absolute atomic E-state index is 0.426. The van der Waals surface area contributed by atoms with Gasteiger partial charge in [0.15, 0.2) is 0 Å². The van der Waals surface area contributed by atoms with Gasteiger partial charge in [0, 0.05) is 30.6 Å². The first kappa shape index (κ1) is 17.9. The highest BCUT2D eigenvalue weighted by molar-refractivity contribution is 7.07. The molecule has 0 spiro atoms. The molecule has 1 amide bonds. The number of anilines is 1. The third-order valence-electron chi connectivity index (χ3n) is 3.99. The lowest BCUT2D eigenvalue weighted by Gasteiger charge is -2.16. The number of carbonyl (C=O) groups is 1. The Kier molecular flexibility index (Phi) is 5.41. The van der Waals surface area contributed by atoms with Gasteiger partial charge in [-0.1, -0.05) is 12.1 Å². The quantitative estimate of drug-likeness (QED) is 0.825. The van der Waals surface area contributed by atoms with E-state index in [0.29, 0.717) is 12.2 Å². The molecule has 0 bridgehead atoms. The smallest absolute Gasteiger partial charge is 0.262 e. The van der Waals surface area contributed by atoms with Gasteiger partial charge in [0.2, 0.25) is 5.91 Å². The van der Waals surface area contributed by atoms with Crippen LogP contribution in [0.5, 0.6) is 0 Å². The number of carbonyl (C=O) groups excluding carboxylic acids is 1. The molecule has 2 heterocycles. The first-order valence-corrected chi connectivity index (χ1v) is 8.92. The van der Waals surface area contributed by atoms with Crippen LogP contribution in [0.3, 0.4) is 0 Å². The van der Waals surface area contributed by atoms with E-state index in [1.165, 1.54) is 0 Å². The minimum atomic E-state index is -2.82. The van der Waals surface area contributed by atoms with Gasteiger partial charge in [-0.25, -0.2) is 13.8 Å². The summed E-state index contributed by atoms with van der Waals surface area (Å²) >= 11 is 1.56. The average molecular weight is 366 g/mol. The van der Waals surface area contributed by atoms with Gasteiger partial charge in [-0.15, -0.1) is 11.3 Å². The van der Waals surface area contributed by atoms with Crippen molar-refractivity contribution in [1.82, 2.24) is 15.2 Å². The Balaban J connectivity index is 1.57. The van der Waals surface area contributed by atoms with E-state index >= 15 is 0 Å². The van der Waals surface area contributed by atoms with Crippen LogP contribution in [0, 0.1) is 0 Å². The molecule has 1 saturated heterocycles. The highest BCUT2D eigenvalue weighted by Gasteiger charge is 2.42. The predicted octanol–water partition coefficient (Wildman–Crippen LogP) is 2.71. The number of benzene rings is 1. The molecular weight excluding hydrogens is 346 g/mol. The lowest BCUT2D eigenvalue weighted by atomic mass is 10.1. The number of nitrogens with zero attached hydrogens (tertiary/aromatic N) is 2. The van der Waals surface area contributed by atoms with Crippen LogP contribution >= 0.6 is 11.3 Å². The number of rotatable bonds is 6. The number of hydrogen-bond donors (Lipinski definition) is 2. The zero-order chi connectivity index (χ0) is 17.9. The van der Waals surface area contributed by atoms with Gasteiger partial charge in [0.1, 0.15) is 0 Å². The molecular formula is C17H20F2N4OS. The van der Waals surface area contributed by atoms with Gasteiger partial charge in [-0.2, -0.15) is 0 Å². The molecule has 1 fully saturated rings. The molecule has 2 aromatic rings. The lowest BCUT2D eigenvalue weighted by Crippen LogP contribution is -2.35. The third-order valence-corrected chi connectivity index (χ3v) is 4.62. The topological polar surface area (TPSA) is 57.3 Å². The Morgan fingerprint density at radius 2 is 2.32 bits per heavy atom. The van der Waals surface area contributed by atoms with E-state index < -0.39 is 30.8 Å². The molecule has 134 valence electrons. The van der Waals surface area contributed by atoms with Gasteiger partial charge in [-0.05, 0) is 24.7 Å². The van der Waals surface area contributed by atoms with Crippen LogP contribution < -0.4 is 10.6 Å². The van der Waals surface area contributed by atoms with E-state index in [1.54, 1.807) is 22.9 Å². The normalized spacial score (nSPS) is 19.3. The summed E-state index contributed by atoms with van der Waals surface area (Å²) in [6.45, 7) is 0.981. The summed E-state index contributed by atoms with van der Waals surface area (Å²) in [5, 5.41) is 7.29. The number of alkyl halides is 2. The highest BCUT2D eigenvalue weighted by atomic mass is 32.1. The predicted molar refractivity (Wildman–Crippen MR) is 93.7 cm³/mol. The second kappa shape index (κ2) is 7.55. The fourth-order valence-electron chi connectivity index (χ4n) is 2.84. The van der Waals surface area contributed by atoms with Crippen molar-refractivity contribution in [3.63, 3.8) is 0 Å². The van der Waals surface area contributed by atoms with E-state index in [2.05, 4.69) is 20.5 Å². The molecule has 3 rings (SSSR count). The first-order chi connectivity index (χ1) is 11.9. The van der Waals surface area contributed by atoms with Crippen molar-refractivity contribution in [2.24, 2.45) is 0 Å². The van der Waals surface area contributed by atoms with E-state index in [0.717, 1.165) is 17.8 Å². The van der Waals surface area contributed by atoms with Crippen molar-refractivity contribution < 1.29 is 13.6 Å². The van der Waals surface area contributed by atoms with Gasteiger partial charge in [0.25, 0.3) is 5.92 Å². The fourth-order valence-corrected chi connectivity index (χ4v) is 3.39.